The zero-order chi connectivity index (χ0) is 20.7. The summed E-state index contributed by atoms with van der Waals surface area (Å²) < 4.78 is 7.75. The van der Waals surface area contributed by atoms with Gasteiger partial charge in [0.25, 0.3) is 0 Å². The summed E-state index contributed by atoms with van der Waals surface area (Å²) in [4.78, 5) is 2.03. The molecule has 4 rings (SSSR count). The molecule has 1 aromatic heterocycles. The number of ether oxygens (including phenoxy) is 1. The van der Waals surface area contributed by atoms with Gasteiger partial charge >= 0.3 is 0 Å². The third kappa shape index (κ3) is 3.16. The second-order valence-electron chi connectivity index (χ2n) is 7.40. The topological polar surface area (TPSA) is 80.1 Å². The van der Waals surface area contributed by atoms with Gasteiger partial charge < -0.3 is 9.64 Å². The van der Waals surface area contributed by atoms with E-state index in [1.165, 1.54) is 0 Å². The summed E-state index contributed by atoms with van der Waals surface area (Å²) in [6.45, 7) is 3.96. The Morgan fingerprint density at radius 2 is 1.86 bits per heavy atom. The Labute approximate surface area is 170 Å². The Bertz CT molecular complexity index is 1150. The van der Waals surface area contributed by atoms with Crippen molar-refractivity contribution in [3.63, 3.8) is 0 Å². The molecule has 0 saturated carbocycles. The van der Waals surface area contributed by atoms with Gasteiger partial charge in [-0.3, -0.25) is 5.73 Å². The van der Waals surface area contributed by atoms with Gasteiger partial charge in [-0.15, -0.1) is 0 Å². The van der Waals surface area contributed by atoms with Crippen molar-refractivity contribution in [3.8, 4) is 17.6 Å². The highest BCUT2D eigenvalue weighted by molar-refractivity contribution is 5.89. The first-order chi connectivity index (χ1) is 13.9. The maximum absolute atomic E-state index is 9.81. The Morgan fingerprint density at radius 1 is 1.14 bits per heavy atom. The molecule has 2 heterocycles. The molecular formula is C23H23N5O. The van der Waals surface area contributed by atoms with Gasteiger partial charge in [0, 0.05) is 25.4 Å². The van der Waals surface area contributed by atoms with Crippen LogP contribution in [-0.4, -0.2) is 30.1 Å². The molecule has 3 aromatic rings. The predicted molar refractivity (Wildman–Crippen MR) is 114 cm³/mol. The third-order valence-corrected chi connectivity index (χ3v) is 5.10. The van der Waals surface area contributed by atoms with Crippen LogP contribution in [0, 0.1) is 25.2 Å². The molecule has 0 radical (unpaired) electrons. The Hall–Kier alpha value is -3.56. The number of nitrogens with two attached hydrogens (primary N) is 1. The summed E-state index contributed by atoms with van der Waals surface area (Å²) in [6.07, 6.45) is -0.851. The molecule has 0 spiro atoms. The first-order valence-corrected chi connectivity index (χ1v) is 9.42. The predicted octanol–water partition coefficient (Wildman–Crippen LogP) is 3.56. The van der Waals surface area contributed by atoms with Gasteiger partial charge in [-0.2, -0.15) is 10.4 Å². The molecule has 29 heavy (non-hydrogen) atoms. The number of aromatic nitrogens is 2. The van der Waals surface area contributed by atoms with E-state index in [1.54, 1.807) is 4.68 Å². The number of nitrogens with zero attached hydrogens (tertiary/aromatic N) is 4. The minimum atomic E-state index is -0.851. The molecule has 6 nitrogen and oxygen atoms in total. The lowest BCUT2D eigenvalue weighted by molar-refractivity contribution is 0.228. The highest BCUT2D eigenvalue weighted by Crippen LogP contribution is 2.42. The molecular weight excluding hydrogens is 362 g/mol. The summed E-state index contributed by atoms with van der Waals surface area (Å²) in [5, 5.41) is 14.5. The lowest BCUT2D eigenvalue weighted by Gasteiger charge is -2.25. The van der Waals surface area contributed by atoms with Gasteiger partial charge in [-0.1, -0.05) is 24.3 Å². The fourth-order valence-electron chi connectivity index (χ4n) is 3.64. The standard InChI is InChI=1S/C23H23N5O/c1-14-6-5-7-18(12-14)28-23-20(15(2)26-28)21(19(13-24)22(25)29-23)16-8-10-17(11-9-16)27(3)4/h5-12,22H,25H2,1-4H3. The zero-order valence-corrected chi connectivity index (χ0v) is 17.0. The molecule has 1 unspecified atom stereocenters. The van der Waals surface area contributed by atoms with Crippen LogP contribution in [0.1, 0.15) is 22.4 Å². The molecule has 2 aromatic carbocycles. The normalized spacial score (nSPS) is 15.5. The van der Waals surface area contributed by atoms with Crippen LogP contribution in [0.15, 0.2) is 54.1 Å². The van der Waals surface area contributed by atoms with Crippen molar-refractivity contribution in [2.75, 3.05) is 19.0 Å². The molecule has 1 atom stereocenters. The van der Waals surface area contributed by atoms with Crippen LogP contribution in [0.5, 0.6) is 5.88 Å². The number of nitriles is 1. The van der Waals surface area contributed by atoms with Crippen LogP contribution in [0.3, 0.4) is 0 Å². The Kier molecular flexibility index (Phi) is 4.61. The highest BCUT2D eigenvalue weighted by atomic mass is 16.5. The molecule has 0 aliphatic carbocycles. The average Bonchev–Trinajstić information content (AvgIpc) is 3.03. The fourth-order valence-corrected chi connectivity index (χ4v) is 3.64. The zero-order valence-electron chi connectivity index (χ0n) is 17.0. The van der Waals surface area contributed by atoms with Crippen LogP contribution >= 0.6 is 0 Å². The molecule has 2 N–H and O–H groups in total. The van der Waals surface area contributed by atoms with Crippen molar-refractivity contribution in [1.29, 1.82) is 5.26 Å². The fraction of sp³-hybridized carbons (Fsp3) is 0.217. The summed E-state index contributed by atoms with van der Waals surface area (Å²) in [6, 6.07) is 18.3. The molecule has 0 fully saturated rings. The van der Waals surface area contributed by atoms with Gasteiger partial charge in [0.05, 0.1) is 22.5 Å². The van der Waals surface area contributed by atoms with Crippen molar-refractivity contribution < 1.29 is 4.74 Å². The first-order valence-electron chi connectivity index (χ1n) is 9.42. The number of anilines is 1. The smallest absolute Gasteiger partial charge is 0.226 e. The lowest BCUT2D eigenvalue weighted by atomic mass is 9.91. The van der Waals surface area contributed by atoms with E-state index in [2.05, 4.69) is 6.07 Å². The molecule has 0 amide bonds. The number of fused-ring (bicyclic) bond motifs is 1. The van der Waals surface area contributed by atoms with Gasteiger partial charge in [0.15, 0.2) is 6.23 Å². The first kappa shape index (κ1) is 18.8. The van der Waals surface area contributed by atoms with Crippen LogP contribution in [0.4, 0.5) is 5.69 Å². The van der Waals surface area contributed by atoms with Gasteiger partial charge in [-0.25, -0.2) is 4.68 Å². The Balaban J connectivity index is 1.94. The van der Waals surface area contributed by atoms with Crippen LogP contribution in [0.2, 0.25) is 0 Å². The van der Waals surface area contributed by atoms with Crippen molar-refractivity contribution in [1.82, 2.24) is 9.78 Å². The number of aryl methyl sites for hydroxylation is 2. The number of hydrogen-bond acceptors (Lipinski definition) is 5. The van der Waals surface area contributed by atoms with Gasteiger partial charge in [-0.05, 0) is 49.2 Å². The lowest BCUT2D eigenvalue weighted by Crippen LogP contribution is -2.33. The van der Waals surface area contributed by atoms with Crippen LogP contribution < -0.4 is 15.4 Å². The molecule has 146 valence electrons. The molecule has 1 aliphatic heterocycles. The monoisotopic (exact) mass is 385 g/mol. The summed E-state index contributed by atoms with van der Waals surface area (Å²) in [5.74, 6) is 0.561. The molecule has 0 saturated heterocycles. The number of rotatable bonds is 3. The van der Waals surface area contributed by atoms with E-state index in [0.717, 1.165) is 39.3 Å². The van der Waals surface area contributed by atoms with E-state index in [0.29, 0.717) is 11.5 Å². The van der Waals surface area contributed by atoms with Crippen LogP contribution in [0.25, 0.3) is 11.3 Å². The number of hydrogen-bond donors (Lipinski definition) is 1. The largest absolute Gasteiger partial charge is 0.453 e. The number of benzene rings is 2. The SMILES string of the molecule is Cc1cccc(-n2nc(C)c3c2OC(N)C(C#N)=C3c2ccc(N(C)C)cc2)c1. The maximum Gasteiger partial charge on any atom is 0.226 e. The Morgan fingerprint density at radius 3 is 2.48 bits per heavy atom. The van der Waals surface area contributed by atoms with E-state index in [-0.39, 0.29) is 0 Å². The van der Waals surface area contributed by atoms with Crippen molar-refractivity contribution in [2.24, 2.45) is 5.73 Å². The van der Waals surface area contributed by atoms with E-state index in [9.17, 15) is 5.26 Å². The second-order valence-corrected chi connectivity index (χ2v) is 7.40. The third-order valence-electron chi connectivity index (χ3n) is 5.10. The summed E-state index contributed by atoms with van der Waals surface area (Å²) >= 11 is 0. The van der Waals surface area contributed by atoms with Crippen molar-refractivity contribution in [2.45, 2.75) is 20.1 Å². The van der Waals surface area contributed by atoms with E-state index in [4.69, 9.17) is 15.6 Å². The molecule has 1 aliphatic rings. The maximum atomic E-state index is 9.81. The van der Waals surface area contributed by atoms with Gasteiger partial charge in [0.2, 0.25) is 5.88 Å². The minimum absolute atomic E-state index is 0.405. The van der Waals surface area contributed by atoms with Crippen LogP contribution in [-0.2, 0) is 0 Å². The molecule has 0 bridgehead atoms. The minimum Gasteiger partial charge on any atom is -0.453 e. The van der Waals surface area contributed by atoms with E-state index in [1.807, 2.05) is 81.4 Å². The van der Waals surface area contributed by atoms with Gasteiger partial charge in [0.1, 0.15) is 6.07 Å². The molecule has 6 heteroatoms. The quantitative estimate of drug-likeness (QED) is 0.746. The van der Waals surface area contributed by atoms with E-state index >= 15 is 0 Å². The highest BCUT2D eigenvalue weighted by Gasteiger charge is 2.33. The summed E-state index contributed by atoms with van der Waals surface area (Å²) in [5.41, 5.74) is 13.0. The second kappa shape index (κ2) is 7.12. The summed E-state index contributed by atoms with van der Waals surface area (Å²) in [7, 11) is 3.99. The van der Waals surface area contributed by atoms with Crippen molar-refractivity contribution in [3.05, 3.63) is 76.5 Å². The van der Waals surface area contributed by atoms with E-state index < -0.39 is 6.23 Å². The average molecular weight is 385 g/mol. The van der Waals surface area contributed by atoms with Crippen molar-refractivity contribution >= 4 is 11.3 Å².